The van der Waals surface area contributed by atoms with Gasteiger partial charge in [-0.25, -0.2) is 0 Å². The Kier molecular flexibility index (Phi) is 3.95. The number of carbonyl (C=O) groups excluding carboxylic acids is 1. The number of nitrogens with two attached hydrogens (primary N) is 1. The van der Waals surface area contributed by atoms with Crippen molar-refractivity contribution in [1.82, 2.24) is 0 Å². The van der Waals surface area contributed by atoms with E-state index < -0.39 is 5.41 Å². The maximum Gasteiger partial charge on any atom is 0.174 e. The minimum atomic E-state index is -0.680. The first-order chi connectivity index (χ1) is 9.02. The fourth-order valence-corrected chi connectivity index (χ4v) is 2.60. The summed E-state index contributed by atoms with van der Waals surface area (Å²) in [6.45, 7) is 1.96. The van der Waals surface area contributed by atoms with Crippen molar-refractivity contribution in [3.8, 4) is 0 Å². The van der Waals surface area contributed by atoms with Gasteiger partial charge < -0.3 is 11.1 Å². The number of benzene rings is 1. The van der Waals surface area contributed by atoms with Gasteiger partial charge in [0.15, 0.2) is 5.78 Å². The molecule has 4 heteroatoms. The van der Waals surface area contributed by atoms with Gasteiger partial charge in [0.05, 0.1) is 16.1 Å². The Morgan fingerprint density at radius 2 is 2.26 bits per heavy atom. The van der Waals surface area contributed by atoms with Crippen molar-refractivity contribution in [2.45, 2.75) is 32.6 Å². The molecule has 0 aromatic heterocycles. The quantitative estimate of drug-likeness (QED) is 0.470. The van der Waals surface area contributed by atoms with Crippen molar-refractivity contribution in [1.29, 1.82) is 5.41 Å². The number of hydrogen-bond donors (Lipinski definition) is 2. The lowest BCUT2D eigenvalue weighted by Gasteiger charge is -2.27. The van der Waals surface area contributed by atoms with E-state index in [0.29, 0.717) is 28.6 Å². The summed E-state index contributed by atoms with van der Waals surface area (Å²) in [6, 6.07) is 4.96. The van der Waals surface area contributed by atoms with Gasteiger partial charge >= 0.3 is 0 Å². The third-order valence-corrected chi connectivity index (χ3v) is 4.30. The summed E-state index contributed by atoms with van der Waals surface area (Å²) in [6.07, 6.45) is 5.08. The van der Waals surface area contributed by atoms with Gasteiger partial charge in [-0.1, -0.05) is 31.4 Å². The summed E-state index contributed by atoms with van der Waals surface area (Å²) in [4.78, 5) is 12.7. The van der Waals surface area contributed by atoms with Gasteiger partial charge in [0.25, 0.3) is 0 Å². The number of Topliss-reactive ketones (excluding diaryl/α,β-unsaturated/α-hetero) is 1. The van der Waals surface area contributed by atoms with Gasteiger partial charge in [0, 0.05) is 11.8 Å². The summed E-state index contributed by atoms with van der Waals surface area (Å²) in [5.41, 5.74) is 6.00. The molecular weight excluding hydrogens is 260 g/mol. The van der Waals surface area contributed by atoms with Gasteiger partial charge in [0.2, 0.25) is 0 Å². The van der Waals surface area contributed by atoms with E-state index in [0.717, 1.165) is 6.42 Å². The van der Waals surface area contributed by atoms with Crippen molar-refractivity contribution in [3.05, 3.63) is 28.8 Å². The zero-order chi connectivity index (χ0) is 14.0. The molecule has 2 rings (SSSR count). The van der Waals surface area contributed by atoms with Crippen LogP contribution >= 0.6 is 11.6 Å². The third-order valence-electron chi connectivity index (χ3n) is 3.97. The van der Waals surface area contributed by atoms with Crippen LogP contribution in [0.25, 0.3) is 0 Å². The van der Waals surface area contributed by atoms with Gasteiger partial charge in [0.1, 0.15) is 0 Å². The van der Waals surface area contributed by atoms with E-state index >= 15 is 0 Å². The van der Waals surface area contributed by atoms with Crippen molar-refractivity contribution in [3.63, 3.8) is 0 Å². The number of carbonyl (C=O) groups is 1. The molecule has 0 radical (unpaired) electrons. The average Bonchev–Trinajstić information content (AvgIpc) is 3.22. The average molecular weight is 279 g/mol. The van der Waals surface area contributed by atoms with E-state index in [2.05, 4.69) is 0 Å². The Balaban J connectivity index is 2.32. The number of rotatable bonds is 6. The lowest BCUT2D eigenvalue weighted by atomic mass is 9.75. The molecule has 1 saturated carbocycles. The molecule has 1 aromatic rings. The molecule has 1 aliphatic rings. The maximum atomic E-state index is 12.7. The second kappa shape index (κ2) is 5.33. The SMILES string of the molecule is CCC(C=N)(CC1CC1)C(=O)c1ccc(N)c(Cl)c1. The second-order valence-corrected chi connectivity index (χ2v) is 5.77. The fraction of sp³-hybridized carbons (Fsp3) is 0.467. The van der Waals surface area contributed by atoms with Crippen LogP contribution < -0.4 is 5.73 Å². The standard InChI is InChI=1S/C15H19ClN2O/c1-2-15(9-17,8-10-3-4-10)14(19)11-5-6-13(18)12(16)7-11/h5-7,9-10,17H,2-4,8,18H2,1H3. The molecule has 0 saturated heterocycles. The van der Waals surface area contributed by atoms with Crippen molar-refractivity contribution < 1.29 is 4.79 Å². The highest BCUT2D eigenvalue weighted by molar-refractivity contribution is 6.33. The molecule has 1 aromatic carbocycles. The van der Waals surface area contributed by atoms with Crippen molar-refractivity contribution >= 4 is 29.3 Å². The Morgan fingerprint density at radius 1 is 1.58 bits per heavy atom. The number of ketones is 1. The lowest BCUT2D eigenvalue weighted by molar-refractivity contribution is 0.0855. The van der Waals surface area contributed by atoms with E-state index in [-0.39, 0.29) is 5.78 Å². The largest absolute Gasteiger partial charge is 0.398 e. The molecule has 1 atom stereocenters. The zero-order valence-corrected chi connectivity index (χ0v) is 11.8. The highest BCUT2D eigenvalue weighted by atomic mass is 35.5. The Bertz CT molecular complexity index is 511. The lowest BCUT2D eigenvalue weighted by Crippen LogP contribution is -2.32. The van der Waals surface area contributed by atoms with Crippen LogP contribution in [0, 0.1) is 16.7 Å². The van der Waals surface area contributed by atoms with Crippen LogP contribution in [0.3, 0.4) is 0 Å². The van der Waals surface area contributed by atoms with Crippen LogP contribution in [0.5, 0.6) is 0 Å². The van der Waals surface area contributed by atoms with E-state index in [9.17, 15) is 4.79 Å². The number of nitrogen functional groups attached to an aromatic ring is 1. The Labute approximate surface area is 118 Å². The number of anilines is 1. The highest BCUT2D eigenvalue weighted by Crippen LogP contribution is 2.43. The molecule has 0 amide bonds. The predicted octanol–water partition coefficient (Wildman–Crippen LogP) is 3.95. The molecule has 102 valence electrons. The molecule has 3 N–H and O–H groups in total. The molecule has 0 spiro atoms. The molecule has 0 bridgehead atoms. The van der Waals surface area contributed by atoms with Gasteiger partial charge in [-0.3, -0.25) is 4.79 Å². The van der Waals surface area contributed by atoms with Crippen LogP contribution in [0.4, 0.5) is 5.69 Å². The number of halogens is 1. The minimum absolute atomic E-state index is 0.0150. The molecule has 1 fully saturated rings. The van der Waals surface area contributed by atoms with Crippen LogP contribution in [0.15, 0.2) is 18.2 Å². The first-order valence-corrected chi connectivity index (χ1v) is 7.01. The number of nitrogens with one attached hydrogen (secondary N) is 1. The molecule has 19 heavy (non-hydrogen) atoms. The highest BCUT2D eigenvalue weighted by Gasteiger charge is 2.40. The monoisotopic (exact) mass is 278 g/mol. The molecule has 1 unspecified atom stereocenters. The summed E-state index contributed by atoms with van der Waals surface area (Å²) in [7, 11) is 0. The normalized spacial score (nSPS) is 17.8. The van der Waals surface area contributed by atoms with Crippen LogP contribution in [0.2, 0.25) is 5.02 Å². The fourth-order valence-electron chi connectivity index (χ4n) is 2.42. The topological polar surface area (TPSA) is 66.9 Å². The maximum absolute atomic E-state index is 12.7. The zero-order valence-electron chi connectivity index (χ0n) is 11.1. The van der Waals surface area contributed by atoms with Crippen LogP contribution in [0.1, 0.15) is 43.0 Å². The van der Waals surface area contributed by atoms with E-state index in [4.69, 9.17) is 22.7 Å². The van der Waals surface area contributed by atoms with E-state index in [1.165, 1.54) is 19.1 Å². The molecule has 0 aliphatic heterocycles. The van der Waals surface area contributed by atoms with E-state index in [1.54, 1.807) is 18.2 Å². The predicted molar refractivity (Wildman–Crippen MR) is 79.0 cm³/mol. The molecule has 1 aliphatic carbocycles. The summed E-state index contributed by atoms with van der Waals surface area (Å²) in [5, 5.41) is 8.10. The molecular formula is C15H19ClN2O. The first-order valence-electron chi connectivity index (χ1n) is 6.64. The van der Waals surface area contributed by atoms with Crippen LogP contribution in [-0.2, 0) is 0 Å². The third kappa shape index (κ3) is 2.81. The Hall–Kier alpha value is -1.35. The van der Waals surface area contributed by atoms with Gasteiger partial charge in [-0.15, -0.1) is 0 Å². The minimum Gasteiger partial charge on any atom is -0.398 e. The first kappa shape index (κ1) is 14.1. The molecule has 3 nitrogen and oxygen atoms in total. The van der Waals surface area contributed by atoms with Gasteiger partial charge in [-0.05, 0) is 37.0 Å². The van der Waals surface area contributed by atoms with Crippen LogP contribution in [-0.4, -0.2) is 12.0 Å². The summed E-state index contributed by atoms with van der Waals surface area (Å²) >= 11 is 5.98. The van der Waals surface area contributed by atoms with Crippen molar-refractivity contribution in [2.24, 2.45) is 11.3 Å². The Morgan fingerprint density at radius 3 is 2.74 bits per heavy atom. The second-order valence-electron chi connectivity index (χ2n) is 5.37. The number of hydrogen-bond acceptors (Lipinski definition) is 3. The molecule has 0 heterocycles. The smallest absolute Gasteiger partial charge is 0.174 e. The van der Waals surface area contributed by atoms with E-state index in [1.807, 2.05) is 6.92 Å². The van der Waals surface area contributed by atoms with Crippen molar-refractivity contribution in [2.75, 3.05) is 5.73 Å². The van der Waals surface area contributed by atoms with Gasteiger partial charge in [-0.2, -0.15) is 0 Å². The summed E-state index contributed by atoms with van der Waals surface area (Å²) in [5.74, 6) is 0.577. The summed E-state index contributed by atoms with van der Waals surface area (Å²) < 4.78 is 0.